The largest absolute Gasteiger partial charge is 0.347 e. The fraction of sp³-hybridized carbons (Fsp3) is 0.429. The maximum absolute atomic E-state index is 11.0. The Hall–Kier alpha value is -1.32. The van der Waals surface area contributed by atoms with Gasteiger partial charge >= 0.3 is 0 Å². The van der Waals surface area contributed by atoms with Crippen molar-refractivity contribution >= 4 is 11.8 Å². The zero-order chi connectivity index (χ0) is 7.84. The first-order chi connectivity index (χ1) is 5.27. The van der Waals surface area contributed by atoms with Crippen molar-refractivity contribution in [1.29, 1.82) is 0 Å². The number of hydrogen-bond donors (Lipinski definition) is 2. The summed E-state index contributed by atoms with van der Waals surface area (Å²) in [6, 6.07) is 0. The third-order valence-electron chi connectivity index (χ3n) is 1.96. The van der Waals surface area contributed by atoms with Crippen LogP contribution in [0.1, 0.15) is 12.8 Å². The van der Waals surface area contributed by atoms with Crippen LogP contribution in [0.15, 0.2) is 11.3 Å². The van der Waals surface area contributed by atoms with Crippen molar-refractivity contribution in [3.63, 3.8) is 0 Å². The van der Waals surface area contributed by atoms with Gasteiger partial charge in [-0.3, -0.25) is 9.59 Å². The Balaban J connectivity index is 2.30. The Morgan fingerprint density at radius 2 is 2.00 bits per heavy atom. The summed E-state index contributed by atoms with van der Waals surface area (Å²) in [5.74, 6) is -0.0137. The van der Waals surface area contributed by atoms with E-state index in [1.165, 1.54) is 0 Å². The number of nitrogens with one attached hydrogen (secondary N) is 2. The molecule has 0 fully saturated rings. The van der Waals surface area contributed by atoms with Crippen LogP contribution in [-0.2, 0) is 9.59 Å². The minimum atomic E-state index is -0.0278. The second kappa shape index (κ2) is 2.08. The molecule has 0 spiro atoms. The highest BCUT2D eigenvalue weighted by Gasteiger charge is 2.27. The summed E-state index contributed by atoms with van der Waals surface area (Å²) in [6.07, 6.45) is 1.03. The van der Waals surface area contributed by atoms with Gasteiger partial charge in [-0.05, 0) is 6.42 Å². The molecule has 2 aliphatic heterocycles. The second-order valence-corrected chi connectivity index (χ2v) is 2.69. The molecule has 0 atom stereocenters. The van der Waals surface area contributed by atoms with E-state index in [2.05, 4.69) is 10.6 Å². The third kappa shape index (κ3) is 0.906. The summed E-state index contributed by atoms with van der Waals surface area (Å²) < 4.78 is 0. The van der Waals surface area contributed by atoms with Gasteiger partial charge in [-0.15, -0.1) is 0 Å². The van der Waals surface area contributed by atoms with Crippen LogP contribution in [0.3, 0.4) is 0 Å². The first-order valence-electron chi connectivity index (χ1n) is 3.57. The summed E-state index contributed by atoms with van der Waals surface area (Å²) in [7, 11) is 0. The monoisotopic (exact) mass is 152 g/mol. The molecule has 0 aromatic carbocycles. The van der Waals surface area contributed by atoms with E-state index in [1.807, 2.05) is 0 Å². The van der Waals surface area contributed by atoms with Crippen molar-refractivity contribution in [2.75, 3.05) is 6.54 Å². The molecule has 0 saturated carbocycles. The molecule has 58 valence electrons. The Labute approximate surface area is 63.7 Å². The molecule has 2 aliphatic rings. The lowest BCUT2D eigenvalue weighted by Gasteiger charge is -2.11. The van der Waals surface area contributed by atoms with E-state index in [0.29, 0.717) is 19.4 Å². The van der Waals surface area contributed by atoms with Crippen LogP contribution in [0, 0.1) is 0 Å². The first-order valence-corrected chi connectivity index (χ1v) is 3.57. The Morgan fingerprint density at radius 1 is 1.18 bits per heavy atom. The molecule has 0 aromatic rings. The lowest BCUT2D eigenvalue weighted by Crippen LogP contribution is -2.28. The summed E-state index contributed by atoms with van der Waals surface area (Å²) in [5.41, 5.74) is 1.52. The van der Waals surface area contributed by atoms with Crippen molar-refractivity contribution in [3.05, 3.63) is 11.3 Å². The molecule has 0 aromatic heterocycles. The standard InChI is InChI=1S/C7H8N2O2/c10-6-2-1-4-5(9-6)3-8-7(4)11/h1-3H2,(H,8,11)(H,9,10). The van der Waals surface area contributed by atoms with Gasteiger partial charge in [0, 0.05) is 17.7 Å². The van der Waals surface area contributed by atoms with Crippen LogP contribution in [0.5, 0.6) is 0 Å². The highest BCUT2D eigenvalue weighted by molar-refractivity contribution is 5.99. The SMILES string of the molecule is O=C1CCC2=C(CNC2=O)N1. The maximum Gasteiger partial charge on any atom is 0.249 e. The average Bonchev–Trinajstić information content (AvgIpc) is 2.32. The van der Waals surface area contributed by atoms with Gasteiger partial charge in [0.2, 0.25) is 11.8 Å². The second-order valence-electron chi connectivity index (χ2n) is 2.69. The van der Waals surface area contributed by atoms with E-state index in [0.717, 1.165) is 11.3 Å². The summed E-state index contributed by atoms with van der Waals surface area (Å²) in [6.45, 7) is 0.486. The normalized spacial score (nSPS) is 22.9. The van der Waals surface area contributed by atoms with Crippen LogP contribution < -0.4 is 10.6 Å². The zero-order valence-corrected chi connectivity index (χ0v) is 5.94. The third-order valence-corrected chi connectivity index (χ3v) is 1.96. The minimum Gasteiger partial charge on any atom is -0.347 e. The molecule has 2 N–H and O–H groups in total. The van der Waals surface area contributed by atoms with Crippen LogP contribution in [0.4, 0.5) is 0 Å². The van der Waals surface area contributed by atoms with Gasteiger partial charge in [0.15, 0.2) is 0 Å². The Morgan fingerprint density at radius 3 is 2.82 bits per heavy atom. The van der Waals surface area contributed by atoms with Crippen LogP contribution in [0.25, 0.3) is 0 Å². The molecular formula is C7H8N2O2. The van der Waals surface area contributed by atoms with Crippen molar-refractivity contribution in [1.82, 2.24) is 10.6 Å². The van der Waals surface area contributed by atoms with Crippen LogP contribution in [-0.4, -0.2) is 18.4 Å². The number of rotatable bonds is 0. The van der Waals surface area contributed by atoms with Gasteiger partial charge in [-0.25, -0.2) is 0 Å². The van der Waals surface area contributed by atoms with E-state index >= 15 is 0 Å². The fourth-order valence-corrected chi connectivity index (χ4v) is 1.37. The lowest BCUT2D eigenvalue weighted by atomic mass is 10.1. The van der Waals surface area contributed by atoms with Crippen LogP contribution >= 0.6 is 0 Å². The van der Waals surface area contributed by atoms with Crippen molar-refractivity contribution in [2.24, 2.45) is 0 Å². The van der Waals surface area contributed by atoms with Gasteiger partial charge < -0.3 is 10.6 Å². The van der Waals surface area contributed by atoms with Crippen molar-refractivity contribution in [2.45, 2.75) is 12.8 Å². The smallest absolute Gasteiger partial charge is 0.249 e. The molecular weight excluding hydrogens is 144 g/mol. The Kier molecular flexibility index (Phi) is 1.21. The maximum atomic E-state index is 11.0. The Bertz CT molecular complexity index is 268. The summed E-state index contributed by atoms with van der Waals surface area (Å²) in [5, 5.41) is 5.32. The van der Waals surface area contributed by atoms with Gasteiger partial charge in [-0.2, -0.15) is 0 Å². The predicted octanol–water partition coefficient (Wildman–Crippen LogP) is -0.720. The summed E-state index contributed by atoms with van der Waals surface area (Å²) in [4.78, 5) is 21.8. The van der Waals surface area contributed by atoms with Crippen molar-refractivity contribution in [3.8, 4) is 0 Å². The lowest BCUT2D eigenvalue weighted by molar-refractivity contribution is -0.120. The number of carbonyl (C=O) groups excluding carboxylic acids is 2. The topological polar surface area (TPSA) is 58.2 Å². The minimum absolute atomic E-state index is 0.0141. The molecule has 2 heterocycles. The number of hydrogen-bond acceptors (Lipinski definition) is 2. The quantitative estimate of drug-likeness (QED) is 0.481. The highest BCUT2D eigenvalue weighted by Crippen LogP contribution is 2.18. The van der Waals surface area contributed by atoms with E-state index < -0.39 is 0 Å². The summed E-state index contributed by atoms with van der Waals surface area (Å²) >= 11 is 0. The number of amides is 2. The molecule has 0 unspecified atom stereocenters. The average molecular weight is 152 g/mol. The molecule has 11 heavy (non-hydrogen) atoms. The molecule has 0 aliphatic carbocycles. The molecule has 0 radical (unpaired) electrons. The van der Waals surface area contributed by atoms with Gasteiger partial charge in [-0.1, -0.05) is 0 Å². The van der Waals surface area contributed by atoms with E-state index in [-0.39, 0.29) is 11.8 Å². The fourth-order valence-electron chi connectivity index (χ4n) is 1.37. The van der Waals surface area contributed by atoms with E-state index in [1.54, 1.807) is 0 Å². The first kappa shape index (κ1) is 6.39. The molecule has 2 amide bonds. The molecule has 4 nitrogen and oxygen atoms in total. The van der Waals surface area contributed by atoms with Crippen LogP contribution in [0.2, 0.25) is 0 Å². The van der Waals surface area contributed by atoms with Gasteiger partial charge in [0.05, 0.1) is 6.54 Å². The highest BCUT2D eigenvalue weighted by atomic mass is 16.2. The van der Waals surface area contributed by atoms with E-state index in [4.69, 9.17) is 0 Å². The van der Waals surface area contributed by atoms with Crippen molar-refractivity contribution < 1.29 is 9.59 Å². The zero-order valence-electron chi connectivity index (χ0n) is 5.94. The molecule has 0 saturated heterocycles. The van der Waals surface area contributed by atoms with Gasteiger partial charge in [0.25, 0.3) is 0 Å². The van der Waals surface area contributed by atoms with Gasteiger partial charge in [0.1, 0.15) is 0 Å². The molecule has 0 bridgehead atoms. The van der Waals surface area contributed by atoms with E-state index in [9.17, 15) is 9.59 Å². The molecule has 4 heteroatoms. The predicted molar refractivity (Wildman–Crippen MR) is 37.4 cm³/mol. The number of carbonyl (C=O) groups is 2. The molecule has 2 rings (SSSR count).